The second kappa shape index (κ2) is 6.32. The van der Waals surface area contributed by atoms with E-state index in [1.807, 2.05) is 0 Å². The van der Waals surface area contributed by atoms with Crippen molar-refractivity contribution < 1.29 is 9.72 Å². The topological polar surface area (TPSA) is 75.5 Å². The third-order valence-corrected chi connectivity index (χ3v) is 2.66. The molecule has 0 unspecified atom stereocenters. The molecular weight excluding hydrogens is 258 g/mol. The molecule has 1 rings (SSSR count). The number of hydrogen-bond donors (Lipinski definition) is 1. The van der Waals surface area contributed by atoms with E-state index in [1.54, 1.807) is 14.1 Å². The van der Waals surface area contributed by atoms with Crippen LogP contribution in [0, 0.1) is 10.1 Å². The molecule has 1 amide bonds. The van der Waals surface area contributed by atoms with Gasteiger partial charge in [0.25, 0.3) is 11.6 Å². The second-order valence-corrected chi connectivity index (χ2v) is 4.19. The molecule has 7 heteroatoms. The highest BCUT2D eigenvalue weighted by molar-refractivity contribution is 6.31. The van der Waals surface area contributed by atoms with Crippen LogP contribution in [0.3, 0.4) is 0 Å². The smallest absolute Gasteiger partial charge is 0.282 e. The summed E-state index contributed by atoms with van der Waals surface area (Å²) < 4.78 is 0. The van der Waals surface area contributed by atoms with Crippen molar-refractivity contribution in [2.45, 2.75) is 0 Å². The number of nitro benzene ring substituents is 1. The van der Waals surface area contributed by atoms with E-state index in [9.17, 15) is 14.9 Å². The fourth-order valence-electron chi connectivity index (χ4n) is 1.43. The van der Waals surface area contributed by atoms with Crippen molar-refractivity contribution in [3.05, 3.63) is 38.9 Å². The van der Waals surface area contributed by atoms with Gasteiger partial charge in [-0.3, -0.25) is 14.9 Å². The monoisotopic (exact) mass is 271 g/mol. The van der Waals surface area contributed by atoms with Crippen LogP contribution < -0.4 is 5.32 Å². The molecule has 98 valence electrons. The number of carbonyl (C=O) groups excluding carboxylic acids is 1. The normalized spacial score (nSPS) is 10.2. The van der Waals surface area contributed by atoms with Crippen LogP contribution in [-0.2, 0) is 0 Å². The average Bonchev–Trinajstić information content (AvgIpc) is 2.34. The van der Waals surface area contributed by atoms with Crippen molar-refractivity contribution in [1.82, 2.24) is 10.2 Å². The summed E-state index contributed by atoms with van der Waals surface area (Å²) in [5.74, 6) is -0.417. The minimum Gasteiger partial charge on any atom is -0.340 e. The molecule has 1 N–H and O–H groups in total. The number of nitrogens with one attached hydrogen (secondary N) is 1. The van der Waals surface area contributed by atoms with Crippen LogP contribution in [-0.4, -0.2) is 42.9 Å². The molecule has 0 heterocycles. The number of rotatable bonds is 5. The number of nitro groups is 1. The summed E-state index contributed by atoms with van der Waals surface area (Å²) in [6.45, 7) is 1.07. The van der Waals surface area contributed by atoms with E-state index < -0.39 is 10.8 Å². The van der Waals surface area contributed by atoms with Crippen LogP contribution in [0.25, 0.3) is 0 Å². The number of likely N-dealkylation sites (N-methyl/N-ethyl adjacent to an activating group) is 2. The SMILES string of the molecule is CNCCN(C)C(=O)c1cc(Cl)ccc1[N+](=O)[O-]. The second-order valence-electron chi connectivity index (χ2n) is 3.75. The van der Waals surface area contributed by atoms with Crippen LogP contribution in [0.15, 0.2) is 18.2 Å². The number of benzene rings is 1. The van der Waals surface area contributed by atoms with Crippen LogP contribution >= 0.6 is 11.6 Å². The number of carbonyl (C=O) groups is 1. The van der Waals surface area contributed by atoms with Gasteiger partial charge in [-0.05, 0) is 19.2 Å². The molecule has 0 atom stereocenters. The maximum atomic E-state index is 12.1. The van der Waals surface area contributed by atoms with Crippen LogP contribution in [0.5, 0.6) is 0 Å². The van der Waals surface area contributed by atoms with Crippen molar-refractivity contribution in [2.75, 3.05) is 27.2 Å². The van der Waals surface area contributed by atoms with E-state index in [-0.39, 0.29) is 11.3 Å². The van der Waals surface area contributed by atoms with Gasteiger partial charge in [0.05, 0.1) is 4.92 Å². The highest BCUT2D eigenvalue weighted by Gasteiger charge is 2.22. The number of hydrogen-bond acceptors (Lipinski definition) is 4. The van der Waals surface area contributed by atoms with Gasteiger partial charge in [-0.2, -0.15) is 0 Å². The van der Waals surface area contributed by atoms with Gasteiger partial charge in [-0.1, -0.05) is 11.6 Å². The molecule has 0 saturated carbocycles. The quantitative estimate of drug-likeness (QED) is 0.651. The Morgan fingerprint density at radius 3 is 2.78 bits per heavy atom. The lowest BCUT2D eigenvalue weighted by Crippen LogP contribution is -2.33. The van der Waals surface area contributed by atoms with Crippen molar-refractivity contribution >= 4 is 23.2 Å². The molecule has 0 radical (unpaired) electrons. The lowest BCUT2D eigenvalue weighted by atomic mass is 10.1. The van der Waals surface area contributed by atoms with Gasteiger partial charge in [0.2, 0.25) is 0 Å². The van der Waals surface area contributed by atoms with Gasteiger partial charge in [-0.15, -0.1) is 0 Å². The zero-order chi connectivity index (χ0) is 13.7. The Morgan fingerprint density at radius 1 is 1.56 bits per heavy atom. The minimum absolute atomic E-state index is 0.00565. The number of amides is 1. The van der Waals surface area contributed by atoms with E-state index in [1.165, 1.54) is 23.1 Å². The third-order valence-electron chi connectivity index (χ3n) is 2.43. The van der Waals surface area contributed by atoms with Gasteiger partial charge in [0.1, 0.15) is 5.56 Å². The Labute approximate surface area is 110 Å². The maximum Gasteiger partial charge on any atom is 0.282 e. The summed E-state index contributed by atoms with van der Waals surface area (Å²) >= 11 is 5.77. The first-order valence-electron chi connectivity index (χ1n) is 5.31. The van der Waals surface area contributed by atoms with Crippen LogP contribution in [0.1, 0.15) is 10.4 Å². The third kappa shape index (κ3) is 3.41. The summed E-state index contributed by atoms with van der Waals surface area (Å²) in [7, 11) is 3.35. The Hall–Kier alpha value is -1.66. The minimum atomic E-state index is -0.588. The van der Waals surface area contributed by atoms with Gasteiger partial charge in [-0.25, -0.2) is 0 Å². The van der Waals surface area contributed by atoms with Gasteiger partial charge < -0.3 is 10.2 Å². The zero-order valence-electron chi connectivity index (χ0n) is 10.1. The van der Waals surface area contributed by atoms with Crippen molar-refractivity contribution in [3.63, 3.8) is 0 Å². The fourth-order valence-corrected chi connectivity index (χ4v) is 1.60. The van der Waals surface area contributed by atoms with E-state index >= 15 is 0 Å². The molecule has 1 aromatic rings. The Balaban J connectivity index is 3.03. The highest BCUT2D eigenvalue weighted by Crippen LogP contribution is 2.23. The van der Waals surface area contributed by atoms with E-state index in [4.69, 9.17) is 11.6 Å². The molecule has 0 bridgehead atoms. The molecule has 0 aliphatic heterocycles. The van der Waals surface area contributed by atoms with Crippen molar-refractivity contribution in [3.8, 4) is 0 Å². The Bertz CT molecular complexity index is 465. The summed E-state index contributed by atoms with van der Waals surface area (Å²) in [6, 6.07) is 3.95. The fraction of sp³-hybridized carbons (Fsp3) is 0.364. The highest BCUT2D eigenvalue weighted by atomic mass is 35.5. The molecule has 18 heavy (non-hydrogen) atoms. The van der Waals surface area contributed by atoms with Crippen LogP contribution in [0.4, 0.5) is 5.69 Å². The molecular formula is C11H14ClN3O3. The molecule has 0 aromatic heterocycles. The Morgan fingerprint density at radius 2 is 2.22 bits per heavy atom. The molecule has 0 aliphatic rings. The lowest BCUT2D eigenvalue weighted by molar-refractivity contribution is -0.385. The van der Waals surface area contributed by atoms with Gasteiger partial charge >= 0.3 is 0 Å². The van der Waals surface area contributed by atoms with E-state index in [0.717, 1.165) is 0 Å². The molecule has 1 aromatic carbocycles. The largest absolute Gasteiger partial charge is 0.340 e. The first-order valence-corrected chi connectivity index (χ1v) is 5.69. The van der Waals surface area contributed by atoms with Gasteiger partial charge in [0.15, 0.2) is 0 Å². The summed E-state index contributed by atoms with van der Waals surface area (Å²) in [4.78, 5) is 23.7. The lowest BCUT2D eigenvalue weighted by Gasteiger charge is -2.16. The molecule has 0 aliphatic carbocycles. The maximum absolute atomic E-state index is 12.1. The predicted molar refractivity (Wildman–Crippen MR) is 69.0 cm³/mol. The zero-order valence-corrected chi connectivity index (χ0v) is 10.9. The van der Waals surface area contributed by atoms with Gasteiger partial charge in [0, 0.05) is 31.2 Å². The molecule has 0 spiro atoms. The first-order chi connectivity index (χ1) is 8.47. The van der Waals surface area contributed by atoms with Crippen molar-refractivity contribution in [1.29, 1.82) is 0 Å². The van der Waals surface area contributed by atoms with Crippen molar-refractivity contribution in [2.24, 2.45) is 0 Å². The number of halogens is 1. The summed E-state index contributed by atoms with van der Waals surface area (Å²) in [5, 5.41) is 14.1. The van der Waals surface area contributed by atoms with E-state index in [2.05, 4.69) is 5.32 Å². The summed E-state index contributed by atoms with van der Waals surface area (Å²) in [5.41, 5.74) is -0.230. The average molecular weight is 272 g/mol. The summed E-state index contributed by atoms with van der Waals surface area (Å²) in [6.07, 6.45) is 0. The van der Waals surface area contributed by atoms with E-state index in [0.29, 0.717) is 18.1 Å². The molecule has 6 nitrogen and oxygen atoms in total. The Kier molecular flexibility index (Phi) is 5.06. The molecule has 0 fully saturated rings. The molecule has 0 saturated heterocycles. The predicted octanol–water partition coefficient (Wildman–Crippen LogP) is 1.54. The first kappa shape index (κ1) is 14.4. The standard InChI is InChI=1S/C11H14ClN3O3/c1-13-5-6-14(2)11(16)9-7-8(12)3-4-10(9)15(17)18/h3-4,7,13H,5-6H2,1-2H3. The van der Waals surface area contributed by atoms with Crippen LogP contribution in [0.2, 0.25) is 5.02 Å². The number of nitrogens with zero attached hydrogens (tertiary/aromatic N) is 2.